The van der Waals surface area contributed by atoms with Crippen molar-refractivity contribution in [2.24, 2.45) is 0 Å². The van der Waals surface area contributed by atoms with Gasteiger partial charge in [-0.25, -0.2) is 13.4 Å². The van der Waals surface area contributed by atoms with Gasteiger partial charge in [-0.3, -0.25) is 4.72 Å². The first-order chi connectivity index (χ1) is 11.5. The molecule has 3 rings (SSSR count). The van der Waals surface area contributed by atoms with Crippen LogP contribution in [-0.4, -0.2) is 26.5 Å². The molecule has 0 spiro atoms. The second kappa shape index (κ2) is 7.17. The van der Waals surface area contributed by atoms with E-state index in [-0.39, 0.29) is 9.92 Å². The summed E-state index contributed by atoms with van der Waals surface area (Å²) in [5.41, 5.74) is 0.404. The van der Waals surface area contributed by atoms with Gasteiger partial charge in [0.25, 0.3) is 10.0 Å². The van der Waals surface area contributed by atoms with Crippen molar-refractivity contribution in [1.29, 1.82) is 0 Å². The number of hydrogen-bond donors (Lipinski definition) is 1. The number of pyridine rings is 1. The lowest BCUT2D eigenvalue weighted by atomic mass is 10.1. The Kier molecular flexibility index (Phi) is 5.18. The number of sulfonamides is 1. The minimum atomic E-state index is -3.74. The number of benzene rings is 1. The first-order valence-electron chi connectivity index (χ1n) is 7.64. The minimum absolute atomic E-state index is 0.0528. The predicted octanol–water partition coefficient (Wildman–Crippen LogP) is 4.18. The predicted molar refractivity (Wildman–Crippen MR) is 97.6 cm³/mol. The van der Waals surface area contributed by atoms with Crippen LogP contribution in [0.3, 0.4) is 0 Å². The highest BCUT2D eigenvalue weighted by Gasteiger charge is 2.17. The van der Waals surface area contributed by atoms with E-state index in [2.05, 4.69) is 14.6 Å². The molecule has 1 aromatic carbocycles. The maximum Gasteiger partial charge on any atom is 0.261 e. The van der Waals surface area contributed by atoms with Crippen LogP contribution in [0.1, 0.15) is 19.3 Å². The van der Waals surface area contributed by atoms with Gasteiger partial charge >= 0.3 is 0 Å². The lowest BCUT2D eigenvalue weighted by molar-refractivity contribution is 0.573. The van der Waals surface area contributed by atoms with E-state index in [1.54, 1.807) is 6.07 Å². The highest BCUT2D eigenvalue weighted by molar-refractivity contribution is 7.92. The van der Waals surface area contributed by atoms with Gasteiger partial charge in [-0.1, -0.05) is 23.2 Å². The molecule has 1 aliphatic heterocycles. The molecule has 24 heavy (non-hydrogen) atoms. The molecule has 2 heterocycles. The van der Waals surface area contributed by atoms with Gasteiger partial charge in [0.15, 0.2) is 0 Å². The second-order valence-electron chi connectivity index (χ2n) is 5.63. The van der Waals surface area contributed by atoms with Gasteiger partial charge in [-0.15, -0.1) is 0 Å². The Morgan fingerprint density at radius 2 is 1.75 bits per heavy atom. The summed E-state index contributed by atoms with van der Waals surface area (Å²) in [5, 5.41) is 0.501. The van der Waals surface area contributed by atoms with Crippen LogP contribution in [0.15, 0.2) is 41.4 Å². The zero-order valence-electron chi connectivity index (χ0n) is 12.9. The Hall–Kier alpha value is -1.50. The molecule has 0 saturated carbocycles. The van der Waals surface area contributed by atoms with Crippen LogP contribution in [0.2, 0.25) is 10.0 Å². The summed E-state index contributed by atoms with van der Waals surface area (Å²) in [6, 6.07) is 7.73. The van der Waals surface area contributed by atoms with Gasteiger partial charge in [-0.2, -0.15) is 0 Å². The van der Waals surface area contributed by atoms with Gasteiger partial charge in [0.05, 0.1) is 26.8 Å². The molecule has 1 fully saturated rings. The second-order valence-corrected chi connectivity index (χ2v) is 8.13. The van der Waals surface area contributed by atoms with E-state index < -0.39 is 10.0 Å². The third-order valence-electron chi connectivity index (χ3n) is 3.88. The van der Waals surface area contributed by atoms with Crippen molar-refractivity contribution in [3.05, 3.63) is 46.6 Å². The lowest BCUT2D eigenvalue weighted by Gasteiger charge is -2.27. The quantitative estimate of drug-likeness (QED) is 0.857. The molecule has 0 amide bonds. The average molecular weight is 386 g/mol. The van der Waals surface area contributed by atoms with Gasteiger partial charge < -0.3 is 4.90 Å². The van der Waals surface area contributed by atoms with Crippen LogP contribution in [-0.2, 0) is 10.0 Å². The topological polar surface area (TPSA) is 62.3 Å². The zero-order valence-corrected chi connectivity index (χ0v) is 15.2. The number of nitrogens with zero attached hydrogens (tertiary/aromatic N) is 2. The van der Waals surface area contributed by atoms with Crippen molar-refractivity contribution in [1.82, 2.24) is 4.98 Å². The number of anilines is 2. The van der Waals surface area contributed by atoms with Crippen molar-refractivity contribution in [3.63, 3.8) is 0 Å². The van der Waals surface area contributed by atoms with E-state index in [1.807, 2.05) is 6.07 Å². The molecule has 0 radical (unpaired) electrons. The van der Waals surface area contributed by atoms with Crippen LogP contribution in [0.5, 0.6) is 0 Å². The van der Waals surface area contributed by atoms with Crippen LogP contribution in [0, 0.1) is 0 Å². The smallest absolute Gasteiger partial charge is 0.261 e. The Bertz CT molecular complexity index is 820. The molecule has 1 N–H and O–H groups in total. The highest BCUT2D eigenvalue weighted by Crippen LogP contribution is 2.26. The van der Waals surface area contributed by atoms with Gasteiger partial charge in [0.1, 0.15) is 5.82 Å². The summed E-state index contributed by atoms with van der Waals surface area (Å²) in [6.07, 6.45) is 5.10. The van der Waals surface area contributed by atoms with E-state index in [1.165, 1.54) is 30.8 Å². The fourth-order valence-corrected chi connectivity index (χ4v) is 4.05. The third-order valence-corrected chi connectivity index (χ3v) is 6.00. The van der Waals surface area contributed by atoms with Crippen molar-refractivity contribution < 1.29 is 8.42 Å². The average Bonchev–Trinajstić information content (AvgIpc) is 2.58. The molecular weight excluding hydrogens is 369 g/mol. The standard InChI is InChI=1S/C16H17Cl2N3O2S/c17-14-6-5-13(10-15(14)18)24(22,23)20-12-4-7-16(19-11-12)21-8-2-1-3-9-21/h4-7,10-11,20H,1-3,8-9H2. The summed E-state index contributed by atoms with van der Waals surface area (Å²) in [7, 11) is -3.74. The molecule has 0 bridgehead atoms. The molecular formula is C16H17Cl2N3O2S. The third kappa shape index (κ3) is 3.94. The molecule has 1 saturated heterocycles. The van der Waals surface area contributed by atoms with E-state index >= 15 is 0 Å². The first kappa shape index (κ1) is 17.3. The fraction of sp³-hybridized carbons (Fsp3) is 0.312. The molecule has 2 aromatic rings. The number of hydrogen-bond acceptors (Lipinski definition) is 4. The summed E-state index contributed by atoms with van der Waals surface area (Å²) in [4.78, 5) is 6.63. The maximum atomic E-state index is 12.4. The Morgan fingerprint density at radius 1 is 1.00 bits per heavy atom. The molecule has 0 unspecified atom stereocenters. The first-order valence-corrected chi connectivity index (χ1v) is 9.88. The van der Waals surface area contributed by atoms with Crippen LogP contribution in [0.4, 0.5) is 11.5 Å². The monoisotopic (exact) mass is 385 g/mol. The highest BCUT2D eigenvalue weighted by atomic mass is 35.5. The van der Waals surface area contributed by atoms with Crippen molar-refractivity contribution in [3.8, 4) is 0 Å². The fourth-order valence-electron chi connectivity index (χ4n) is 2.61. The molecule has 0 aliphatic carbocycles. The number of aromatic nitrogens is 1. The van der Waals surface area contributed by atoms with Crippen molar-refractivity contribution in [2.75, 3.05) is 22.7 Å². The Labute approximate surface area is 151 Å². The van der Waals surface area contributed by atoms with Gasteiger partial charge in [-0.05, 0) is 49.6 Å². The summed E-state index contributed by atoms with van der Waals surface area (Å²) in [6.45, 7) is 1.97. The molecule has 1 aromatic heterocycles. The minimum Gasteiger partial charge on any atom is -0.357 e. The molecule has 5 nitrogen and oxygen atoms in total. The van der Waals surface area contributed by atoms with Crippen LogP contribution >= 0.6 is 23.2 Å². The SMILES string of the molecule is O=S(=O)(Nc1ccc(N2CCCCC2)nc1)c1ccc(Cl)c(Cl)c1. The van der Waals surface area contributed by atoms with Gasteiger partial charge in [0, 0.05) is 13.1 Å². The summed E-state index contributed by atoms with van der Waals surface area (Å²) < 4.78 is 27.3. The van der Waals surface area contributed by atoms with Crippen molar-refractivity contribution in [2.45, 2.75) is 24.2 Å². The van der Waals surface area contributed by atoms with E-state index in [0.717, 1.165) is 31.7 Å². The van der Waals surface area contributed by atoms with E-state index in [9.17, 15) is 8.42 Å². The largest absolute Gasteiger partial charge is 0.357 e. The molecule has 1 aliphatic rings. The summed E-state index contributed by atoms with van der Waals surface area (Å²) in [5.74, 6) is 0.868. The molecule has 8 heteroatoms. The van der Waals surface area contributed by atoms with E-state index in [0.29, 0.717) is 10.7 Å². The molecule has 128 valence electrons. The Morgan fingerprint density at radius 3 is 2.38 bits per heavy atom. The zero-order chi connectivity index (χ0) is 17.2. The maximum absolute atomic E-state index is 12.4. The summed E-state index contributed by atoms with van der Waals surface area (Å²) >= 11 is 11.7. The van der Waals surface area contributed by atoms with E-state index in [4.69, 9.17) is 23.2 Å². The number of halogens is 2. The lowest BCUT2D eigenvalue weighted by Crippen LogP contribution is -2.30. The number of piperidine rings is 1. The van der Waals surface area contributed by atoms with Crippen LogP contribution < -0.4 is 9.62 Å². The normalized spacial score (nSPS) is 15.3. The van der Waals surface area contributed by atoms with Crippen molar-refractivity contribution >= 4 is 44.7 Å². The Balaban J connectivity index is 1.76. The molecule has 0 atom stereocenters. The number of nitrogens with one attached hydrogen (secondary N) is 1. The number of rotatable bonds is 4. The van der Waals surface area contributed by atoms with Gasteiger partial charge in [0.2, 0.25) is 0 Å². The van der Waals surface area contributed by atoms with Crippen LogP contribution in [0.25, 0.3) is 0 Å².